The lowest BCUT2D eigenvalue weighted by Gasteiger charge is -2.19. The molecule has 6 heteroatoms. The van der Waals surface area contributed by atoms with Gasteiger partial charge in [-0.25, -0.2) is 4.79 Å². The number of ether oxygens (including phenoxy) is 1. The minimum Gasteiger partial charge on any atom is -0.439 e. The Balaban J connectivity index is 2.29. The second-order valence-electron chi connectivity index (χ2n) is 5.36. The third-order valence-corrected chi connectivity index (χ3v) is 2.68. The molecule has 0 saturated heterocycles. The predicted octanol–water partition coefficient (Wildman–Crippen LogP) is 2.59. The van der Waals surface area contributed by atoms with Gasteiger partial charge in [0.25, 0.3) is 5.91 Å². The number of amides is 2. The summed E-state index contributed by atoms with van der Waals surface area (Å²) in [6.07, 6.45) is -0.602. The van der Waals surface area contributed by atoms with Crippen LogP contribution in [0, 0.1) is 0 Å². The summed E-state index contributed by atoms with van der Waals surface area (Å²) >= 11 is 3.36. The molecule has 110 valence electrons. The van der Waals surface area contributed by atoms with Gasteiger partial charge in [0, 0.05) is 16.6 Å². The first-order chi connectivity index (χ1) is 9.26. The molecule has 2 N–H and O–H groups in total. The third kappa shape index (κ3) is 7.13. The number of hydrogen-bond donors (Lipinski definition) is 2. The Morgan fingerprint density at radius 3 is 2.60 bits per heavy atom. The second kappa shape index (κ2) is 7.28. The Labute approximate surface area is 127 Å². The van der Waals surface area contributed by atoms with Gasteiger partial charge in [0.15, 0.2) is 6.61 Å². The van der Waals surface area contributed by atoms with Gasteiger partial charge in [-0.15, -0.1) is 0 Å². The van der Waals surface area contributed by atoms with Gasteiger partial charge >= 0.3 is 6.09 Å². The van der Waals surface area contributed by atoms with Crippen LogP contribution in [0.25, 0.3) is 0 Å². The van der Waals surface area contributed by atoms with E-state index in [0.717, 1.165) is 10.0 Å². The van der Waals surface area contributed by atoms with Crippen LogP contribution in [0.5, 0.6) is 0 Å². The summed E-state index contributed by atoms with van der Waals surface area (Å²) in [6, 6.07) is 7.61. The molecule has 0 saturated carbocycles. The van der Waals surface area contributed by atoms with Crippen LogP contribution in [0.15, 0.2) is 28.7 Å². The molecule has 20 heavy (non-hydrogen) atoms. The predicted molar refractivity (Wildman–Crippen MR) is 80.2 cm³/mol. The molecule has 0 aliphatic carbocycles. The van der Waals surface area contributed by atoms with E-state index in [2.05, 4.69) is 26.6 Å². The number of benzene rings is 1. The zero-order valence-electron chi connectivity index (χ0n) is 11.8. The molecule has 0 fully saturated rings. The first-order valence-corrected chi connectivity index (χ1v) is 7.02. The fourth-order valence-corrected chi connectivity index (χ4v) is 1.82. The summed E-state index contributed by atoms with van der Waals surface area (Å²) in [5, 5.41) is 5.29. The van der Waals surface area contributed by atoms with E-state index in [1.807, 2.05) is 45.0 Å². The number of carbonyl (C=O) groups is 2. The van der Waals surface area contributed by atoms with Crippen LogP contribution in [-0.2, 0) is 16.1 Å². The van der Waals surface area contributed by atoms with Gasteiger partial charge < -0.3 is 15.4 Å². The Morgan fingerprint density at radius 2 is 2.00 bits per heavy atom. The molecule has 0 aliphatic heterocycles. The van der Waals surface area contributed by atoms with Crippen molar-refractivity contribution in [3.63, 3.8) is 0 Å². The Hall–Kier alpha value is -1.56. The zero-order chi connectivity index (χ0) is 15.2. The van der Waals surface area contributed by atoms with Gasteiger partial charge in [0.1, 0.15) is 0 Å². The number of halogens is 1. The first-order valence-electron chi connectivity index (χ1n) is 6.22. The molecule has 0 spiro atoms. The number of rotatable bonds is 4. The number of alkyl carbamates (subject to hydrolysis) is 1. The van der Waals surface area contributed by atoms with Crippen molar-refractivity contribution in [3.05, 3.63) is 34.3 Å². The van der Waals surface area contributed by atoms with Crippen molar-refractivity contribution in [1.82, 2.24) is 10.6 Å². The van der Waals surface area contributed by atoms with Gasteiger partial charge in [-0.05, 0) is 38.5 Å². The Kier molecular flexibility index (Phi) is 6.01. The highest BCUT2D eigenvalue weighted by Crippen LogP contribution is 2.11. The third-order valence-electron chi connectivity index (χ3n) is 2.19. The molecule has 0 bridgehead atoms. The van der Waals surface area contributed by atoms with Crippen LogP contribution >= 0.6 is 15.9 Å². The van der Waals surface area contributed by atoms with E-state index in [-0.39, 0.29) is 18.1 Å². The van der Waals surface area contributed by atoms with Crippen molar-refractivity contribution in [3.8, 4) is 0 Å². The van der Waals surface area contributed by atoms with Crippen LogP contribution in [0.4, 0.5) is 4.79 Å². The van der Waals surface area contributed by atoms with Crippen molar-refractivity contribution >= 4 is 27.9 Å². The lowest BCUT2D eigenvalue weighted by molar-refractivity contribution is -0.124. The maximum Gasteiger partial charge on any atom is 0.408 e. The minimum atomic E-state index is -0.602. The molecular formula is C14H19BrN2O3. The van der Waals surface area contributed by atoms with Crippen molar-refractivity contribution in [1.29, 1.82) is 0 Å². The molecular weight excluding hydrogens is 324 g/mol. The van der Waals surface area contributed by atoms with Crippen molar-refractivity contribution in [2.24, 2.45) is 0 Å². The highest BCUT2D eigenvalue weighted by Gasteiger charge is 2.15. The van der Waals surface area contributed by atoms with Gasteiger partial charge in [-0.3, -0.25) is 4.79 Å². The molecule has 2 amide bonds. The van der Waals surface area contributed by atoms with Crippen LogP contribution in [0.2, 0.25) is 0 Å². The molecule has 1 aromatic rings. The number of hydrogen-bond acceptors (Lipinski definition) is 3. The molecule has 0 aliphatic rings. The summed E-state index contributed by atoms with van der Waals surface area (Å²) < 4.78 is 5.77. The van der Waals surface area contributed by atoms with Gasteiger partial charge in [0.2, 0.25) is 0 Å². The largest absolute Gasteiger partial charge is 0.439 e. The van der Waals surface area contributed by atoms with Crippen molar-refractivity contribution in [2.75, 3.05) is 6.61 Å². The zero-order valence-corrected chi connectivity index (χ0v) is 13.4. The van der Waals surface area contributed by atoms with Crippen molar-refractivity contribution in [2.45, 2.75) is 32.9 Å². The van der Waals surface area contributed by atoms with Gasteiger partial charge in [-0.2, -0.15) is 0 Å². The van der Waals surface area contributed by atoms with E-state index in [0.29, 0.717) is 6.54 Å². The second-order valence-corrected chi connectivity index (χ2v) is 6.27. The van der Waals surface area contributed by atoms with E-state index in [9.17, 15) is 9.59 Å². The van der Waals surface area contributed by atoms with E-state index < -0.39 is 6.09 Å². The Morgan fingerprint density at radius 1 is 1.30 bits per heavy atom. The Bertz CT molecular complexity index is 484. The van der Waals surface area contributed by atoms with Crippen molar-refractivity contribution < 1.29 is 14.3 Å². The fraction of sp³-hybridized carbons (Fsp3) is 0.429. The van der Waals surface area contributed by atoms with Crippen LogP contribution in [0.1, 0.15) is 26.3 Å². The first kappa shape index (κ1) is 16.5. The maximum atomic E-state index is 11.5. The summed E-state index contributed by atoms with van der Waals surface area (Å²) in [5.41, 5.74) is 0.580. The molecule has 0 aromatic heterocycles. The summed E-state index contributed by atoms with van der Waals surface area (Å²) in [6.45, 7) is 5.60. The summed E-state index contributed by atoms with van der Waals surface area (Å²) in [5.74, 6) is -0.339. The SMILES string of the molecule is CC(C)(C)NC(=O)OCC(=O)NCc1cccc(Br)c1. The van der Waals surface area contributed by atoms with E-state index in [1.54, 1.807) is 0 Å². The molecule has 0 atom stereocenters. The monoisotopic (exact) mass is 342 g/mol. The van der Waals surface area contributed by atoms with E-state index >= 15 is 0 Å². The topological polar surface area (TPSA) is 67.4 Å². The lowest BCUT2D eigenvalue weighted by Crippen LogP contribution is -2.42. The number of nitrogens with one attached hydrogen (secondary N) is 2. The van der Waals surface area contributed by atoms with E-state index in [1.165, 1.54) is 0 Å². The molecule has 1 aromatic carbocycles. The molecule has 0 heterocycles. The van der Waals surface area contributed by atoms with Crippen LogP contribution in [-0.4, -0.2) is 24.1 Å². The normalized spacial score (nSPS) is 10.8. The molecule has 0 radical (unpaired) electrons. The standard InChI is InChI=1S/C14H19BrN2O3/c1-14(2,3)17-13(19)20-9-12(18)16-8-10-5-4-6-11(15)7-10/h4-7H,8-9H2,1-3H3,(H,16,18)(H,17,19). The molecule has 1 rings (SSSR count). The summed E-state index contributed by atoms with van der Waals surface area (Å²) in [7, 11) is 0. The highest BCUT2D eigenvalue weighted by atomic mass is 79.9. The quantitative estimate of drug-likeness (QED) is 0.883. The summed E-state index contributed by atoms with van der Waals surface area (Å²) in [4.78, 5) is 22.9. The van der Waals surface area contributed by atoms with E-state index in [4.69, 9.17) is 4.74 Å². The van der Waals surface area contributed by atoms with Crippen LogP contribution in [0.3, 0.4) is 0 Å². The fourth-order valence-electron chi connectivity index (χ4n) is 1.37. The molecule has 0 unspecified atom stereocenters. The number of carbonyl (C=O) groups excluding carboxylic acids is 2. The van der Waals surface area contributed by atoms with Crippen LogP contribution < -0.4 is 10.6 Å². The average molecular weight is 343 g/mol. The lowest BCUT2D eigenvalue weighted by atomic mass is 10.1. The molecule has 5 nitrogen and oxygen atoms in total. The minimum absolute atomic E-state index is 0.296. The average Bonchev–Trinajstić information content (AvgIpc) is 2.32. The van der Waals surface area contributed by atoms with Gasteiger partial charge in [-0.1, -0.05) is 28.1 Å². The smallest absolute Gasteiger partial charge is 0.408 e. The maximum absolute atomic E-state index is 11.5. The van der Waals surface area contributed by atoms with Gasteiger partial charge in [0.05, 0.1) is 0 Å². The highest BCUT2D eigenvalue weighted by molar-refractivity contribution is 9.10.